The van der Waals surface area contributed by atoms with Crippen LogP contribution in [0.2, 0.25) is 0 Å². The molecule has 2 aromatic carbocycles. The fourth-order valence-corrected chi connectivity index (χ4v) is 2.19. The van der Waals surface area contributed by atoms with Crippen molar-refractivity contribution in [1.82, 2.24) is 0 Å². The van der Waals surface area contributed by atoms with E-state index < -0.39 is 23.8 Å². The lowest BCUT2D eigenvalue weighted by Crippen LogP contribution is -2.04. The summed E-state index contributed by atoms with van der Waals surface area (Å²) in [5, 5.41) is 43.8. The molecule has 0 aliphatic carbocycles. The van der Waals surface area contributed by atoms with Gasteiger partial charge in [0.2, 0.25) is 5.43 Å². The average molecular weight is 374 g/mol. The number of hydrogen-bond donors (Lipinski definition) is 5. The van der Waals surface area contributed by atoms with E-state index in [2.05, 4.69) is 0 Å². The smallest absolute Gasteiger partial charge is 0.314 e. The molecule has 27 heavy (non-hydrogen) atoms. The largest absolute Gasteiger partial charge is 0.508 e. The highest BCUT2D eigenvalue weighted by Gasteiger charge is 2.13. The minimum Gasteiger partial charge on any atom is -0.508 e. The van der Waals surface area contributed by atoms with Gasteiger partial charge in [0.15, 0.2) is 0 Å². The zero-order valence-electron chi connectivity index (χ0n) is 13.6. The molecule has 1 aromatic heterocycles. The fourth-order valence-electron chi connectivity index (χ4n) is 2.19. The Morgan fingerprint density at radius 1 is 0.889 bits per heavy atom. The normalized spacial score (nSPS) is 10.1. The SMILES string of the molecule is O=C(O)CC(=O)O.O=c1c(-c2ccc(O)cc2)coc2cc(O)cc(O)c12. The molecule has 3 rings (SSSR count). The lowest BCUT2D eigenvalue weighted by atomic mass is 10.0. The van der Waals surface area contributed by atoms with Crippen LogP contribution in [-0.2, 0) is 9.59 Å². The van der Waals surface area contributed by atoms with E-state index in [1.807, 2.05) is 0 Å². The van der Waals surface area contributed by atoms with E-state index in [0.29, 0.717) is 5.56 Å². The van der Waals surface area contributed by atoms with Crippen LogP contribution in [0.5, 0.6) is 17.2 Å². The van der Waals surface area contributed by atoms with Crippen molar-refractivity contribution in [1.29, 1.82) is 0 Å². The highest BCUT2D eigenvalue weighted by atomic mass is 16.4. The molecule has 0 saturated heterocycles. The van der Waals surface area contributed by atoms with E-state index in [1.165, 1.54) is 24.5 Å². The van der Waals surface area contributed by atoms with Crippen molar-refractivity contribution in [2.24, 2.45) is 0 Å². The number of phenolic OH excluding ortho intramolecular Hbond substituents is 3. The van der Waals surface area contributed by atoms with Crippen molar-refractivity contribution in [2.75, 3.05) is 0 Å². The van der Waals surface area contributed by atoms with Crippen LogP contribution in [0.25, 0.3) is 22.1 Å². The molecule has 3 aromatic rings. The average Bonchev–Trinajstić information content (AvgIpc) is 2.55. The zero-order chi connectivity index (χ0) is 20.1. The minimum absolute atomic E-state index is 0.00775. The van der Waals surface area contributed by atoms with Crippen molar-refractivity contribution in [3.05, 3.63) is 52.9 Å². The monoisotopic (exact) mass is 374 g/mol. The second-order valence-electron chi connectivity index (χ2n) is 5.33. The number of phenols is 3. The van der Waals surface area contributed by atoms with Crippen molar-refractivity contribution in [3.63, 3.8) is 0 Å². The van der Waals surface area contributed by atoms with Gasteiger partial charge in [-0.05, 0) is 17.7 Å². The Labute approximate surface area is 151 Å². The van der Waals surface area contributed by atoms with Crippen molar-refractivity contribution >= 4 is 22.9 Å². The molecule has 0 amide bonds. The van der Waals surface area contributed by atoms with Crippen LogP contribution in [-0.4, -0.2) is 37.5 Å². The molecule has 0 spiro atoms. The second-order valence-corrected chi connectivity index (χ2v) is 5.33. The first-order valence-corrected chi connectivity index (χ1v) is 7.39. The van der Waals surface area contributed by atoms with Gasteiger partial charge in [-0.25, -0.2) is 0 Å². The Morgan fingerprint density at radius 3 is 2.00 bits per heavy atom. The maximum Gasteiger partial charge on any atom is 0.314 e. The van der Waals surface area contributed by atoms with Gasteiger partial charge >= 0.3 is 11.9 Å². The predicted octanol–water partition coefficient (Wildman–Crippen LogP) is 2.12. The molecule has 0 aliphatic rings. The van der Waals surface area contributed by atoms with Crippen LogP contribution in [0, 0.1) is 0 Å². The van der Waals surface area contributed by atoms with E-state index in [1.54, 1.807) is 12.1 Å². The molecule has 5 N–H and O–H groups in total. The maximum absolute atomic E-state index is 12.4. The van der Waals surface area contributed by atoms with Gasteiger partial charge in [-0.2, -0.15) is 0 Å². The quantitative estimate of drug-likeness (QED) is 0.432. The molecule has 9 heteroatoms. The number of carboxylic acid groups (broad SMARTS) is 2. The number of aliphatic carboxylic acids is 2. The highest BCUT2D eigenvalue weighted by Crippen LogP contribution is 2.29. The zero-order valence-corrected chi connectivity index (χ0v) is 13.6. The number of carbonyl (C=O) groups is 2. The van der Waals surface area contributed by atoms with Gasteiger partial charge in [-0.3, -0.25) is 14.4 Å². The molecule has 1 heterocycles. The summed E-state index contributed by atoms with van der Waals surface area (Å²) in [6.07, 6.45) is 0.454. The Hall–Kier alpha value is -4.01. The first-order valence-electron chi connectivity index (χ1n) is 7.39. The first-order chi connectivity index (χ1) is 12.7. The summed E-state index contributed by atoms with van der Waals surface area (Å²) in [7, 11) is 0. The predicted molar refractivity (Wildman–Crippen MR) is 92.8 cm³/mol. The molecule has 0 aliphatic heterocycles. The number of aromatic hydroxyl groups is 3. The van der Waals surface area contributed by atoms with E-state index in [9.17, 15) is 29.7 Å². The number of hydrogen-bond acceptors (Lipinski definition) is 7. The van der Waals surface area contributed by atoms with Gasteiger partial charge in [0.25, 0.3) is 0 Å². The fraction of sp³-hybridized carbons (Fsp3) is 0.0556. The van der Waals surface area contributed by atoms with E-state index in [0.717, 1.165) is 6.07 Å². The van der Waals surface area contributed by atoms with Crippen LogP contribution >= 0.6 is 0 Å². The van der Waals surface area contributed by atoms with E-state index >= 15 is 0 Å². The summed E-state index contributed by atoms with van der Waals surface area (Å²) in [5.74, 6) is -3.06. The van der Waals surface area contributed by atoms with Gasteiger partial charge in [-0.15, -0.1) is 0 Å². The molecule has 140 valence electrons. The van der Waals surface area contributed by atoms with Gasteiger partial charge < -0.3 is 29.9 Å². The highest BCUT2D eigenvalue weighted by molar-refractivity contribution is 5.89. The maximum atomic E-state index is 12.4. The van der Waals surface area contributed by atoms with E-state index in [-0.39, 0.29) is 33.8 Å². The summed E-state index contributed by atoms with van der Waals surface area (Å²) < 4.78 is 5.29. The third kappa shape index (κ3) is 4.75. The standard InChI is InChI=1S/C15H10O5.C3H4O4/c16-9-3-1-8(2-4-9)11-7-20-13-6-10(17)5-12(18)14(13)15(11)19;4-2(5)1-3(6)7/h1-7,16-18H;1H2,(H,4,5)(H,6,7). The summed E-state index contributed by atoms with van der Waals surface area (Å²) in [4.78, 5) is 31.2. The summed E-state index contributed by atoms with van der Waals surface area (Å²) in [6.45, 7) is 0. The third-order valence-electron chi connectivity index (χ3n) is 3.32. The number of carboxylic acids is 2. The molecule has 0 atom stereocenters. The number of benzene rings is 2. The lowest BCUT2D eigenvalue weighted by molar-refractivity contribution is -0.147. The van der Waals surface area contributed by atoms with Crippen LogP contribution in [0.3, 0.4) is 0 Å². The van der Waals surface area contributed by atoms with Crippen molar-refractivity contribution < 1.29 is 39.5 Å². The van der Waals surface area contributed by atoms with Gasteiger partial charge in [0.05, 0.1) is 5.56 Å². The van der Waals surface area contributed by atoms with Crippen molar-refractivity contribution in [2.45, 2.75) is 6.42 Å². The summed E-state index contributed by atoms with van der Waals surface area (Å²) in [5.41, 5.74) is 0.522. The summed E-state index contributed by atoms with van der Waals surface area (Å²) >= 11 is 0. The first kappa shape index (κ1) is 19.3. The Balaban J connectivity index is 0.000000321. The molecule has 0 bridgehead atoms. The van der Waals surface area contributed by atoms with Gasteiger partial charge in [-0.1, -0.05) is 12.1 Å². The molecule has 9 nitrogen and oxygen atoms in total. The van der Waals surface area contributed by atoms with Crippen LogP contribution in [0.1, 0.15) is 6.42 Å². The Morgan fingerprint density at radius 2 is 1.48 bits per heavy atom. The lowest BCUT2D eigenvalue weighted by Gasteiger charge is -2.05. The van der Waals surface area contributed by atoms with E-state index in [4.69, 9.17) is 14.6 Å². The molecule has 0 fully saturated rings. The Kier molecular flexibility index (Phi) is 5.66. The summed E-state index contributed by atoms with van der Waals surface area (Å²) in [6, 6.07) is 8.40. The number of rotatable bonds is 3. The molecular formula is C18H14O9. The molecule has 0 unspecified atom stereocenters. The molecular weight excluding hydrogens is 360 g/mol. The molecule has 0 radical (unpaired) electrons. The topological polar surface area (TPSA) is 165 Å². The Bertz CT molecular complexity index is 1040. The second kappa shape index (κ2) is 7.91. The molecule has 0 saturated carbocycles. The number of fused-ring (bicyclic) bond motifs is 1. The third-order valence-corrected chi connectivity index (χ3v) is 3.32. The van der Waals surface area contributed by atoms with Crippen LogP contribution < -0.4 is 5.43 Å². The van der Waals surface area contributed by atoms with Gasteiger partial charge in [0.1, 0.15) is 40.9 Å². The minimum atomic E-state index is -1.31. The van der Waals surface area contributed by atoms with Crippen LogP contribution in [0.4, 0.5) is 0 Å². The van der Waals surface area contributed by atoms with Crippen LogP contribution in [0.15, 0.2) is 51.9 Å². The van der Waals surface area contributed by atoms with Gasteiger partial charge in [0, 0.05) is 12.1 Å². The van der Waals surface area contributed by atoms with Crippen molar-refractivity contribution in [3.8, 4) is 28.4 Å².